The number of nitrogens with zero attached hydrogens (tertiary/aromatic N) is 1. The molecule has 1 aromatic heterocycles. The molecular formula is C9H12N2O. The second-order valence-electron chi connectivity index (χ2n) is 3.29. The third-order valence-electron chi connectivity index (χ3n) is 1.53. The molecule has 1 rings (SSSR count). The van der Waals surface area contributed by atoms with E-state index in [0.717, 1.165) is 0 Å². The number of nitrogens with two attached hydrogens (primary N) is 1. The number of pyridine rings is 1. The average molecular weight is 164 g/mol. The number of ketones is 1. The highest BCUT2D eigenvalue weighted by Gasteiger charge is 2.22. The molecular weight excluding hydrogens is 152 g/mol. The van der Waals surface area contributed by atoms with Crippen molar-refractivity contribution in [1.29, 1.82) is 0 Å². The summed E-state index contributed by atoms with van der Waals surface area (Å²) in [7, 11) is 0. The van der Waals surface area contributed by atoms with Crippen LogP contribution in [0.3, 0.4) is 0 Å². The van der Waals surface area contributed by atoms with E-state index >= 15 is 0 Å². The topological polar surface area (TPSA) is 56.0 Å². The predicted octanol–water partition coefficient (Wildman–Crippen LogP) is 1.00. The van der Waals surface area contributed by atoms with Gasteiger partial charge in [0.1, 0.15) is 0 Å². The highest BCUT2D eigenvalue weighted by atomic mass is 16.1. The van der Waals surface area contributed by atoms with E-state index in [0.29, 0.717) is 5.56 Å². The molecule has 0 aliphatic rings. The third-order valence-corrected chi connectivity index (χ3v) is 1.53. The van der Waals surface area contributed by atoms with Crippen LogP contribution in [0.25, 0.3) is 0 Å². The van der Waals surface area contributed by atoms with Crippen LogP contribution in [0.15, 0.2) is 24.5 Å². The Hall–Kier alpha value is -1.22. The van der Waals surface area contributed by atoms with Gasteiger partial charge in [-0.05, 0) is 26.0 Å². The number of Topliss-reactive ketones (excluding diaryl/α,β-unsaturated/α-hetero) is 1. The minimum atomic E-state index is -0.804. The van der Waals surface area contributed by atoms with Gasteiger partial charge in [-0.15, -0.1) is 0 Å². The Morgan fingerprint density at radius 1 is 1.42 bits per heavy atom. The maximum atomic E-state index is 11.5. The molecule has 12 heavy (non-hydrogen) atoms. The number of hydrogen-bond donors (Lipinski definition) is 1. The van der Waals surface area contributed by atoms with Crippen LogP contribution in [0.1, 0.15) is 24.2 Å². The van der Waals surface area contributed by atoms with Crippen LogP contribution in [0.4, 0.5) is 0 Å². The molecule has 0 aromatic carbocycles. The van der Waals surface area contributed by atoms with E-state index in [1.807, 2.05) is 0 Å². The molecule has 3 nitrogen and oxygen atoms in total. The van der Waals surface area contributed by atoms with E-state index in [1.165, 1.54) is 0 Å². The second kappa shape index (κ2) is 3.03. The molecule has 0 spiro atoms. The van der Waals surface area contributed by atoms with Crippen LogP contribution in [0, 0.1) is 0 Å². The molecule has 0 unspecified atom stereocenters. The van der Waals surface area contributed by atoms with Gasteiger partial charge in [0.05, 0.1) is 5.54 Å². The Bertz CT molecular complexity index is 274. The first-order valence-electron chi connectivity index (χ1n) is 3.75. The SMILES string of the molecule is CC(C)(N)C(=O)c1ccncc1. The van der Waals surface area contributed by atoms with Crippen molar-refractivity contribution < 1.29 is 4.79 Å². The third kappa shape index (κ3) is 1.89. The Balaban J connectivity index is 2.94. The Kier molecular flexibility index (Phi) is 2.24. The van der Waals surface area contributed by atoms with Gasteiger partial charge in [0.25, 0.3) is 0 Å². The number of carbonyl (C=O) groups is 1. The standard InChI is InChI=1S/C9H12N2O/c1-9(2,10)8(12)7-3-5-11-6-4-7/h3-6H,10H2,1-2H3. The molecule has 0 atom stereocenters. The summed E-state index contributed by atoms with van der Waals surface area (Å²) in [6, 6.07) is 3.33. The quantitative estimate of drug-likeness (QED) is 0.663. The maximum Gasteiger partial charge on any atom is 0.182 e. The fraction of sp³-hybridized carbons (Fsp3) is 0.333. The number of carbonyl (C=O) groups excluding carboxylic acids is 1. The monoisotopic (exact) mass is 164 g/mol. The second-order valence-corrected chi connectivity index (χ2v) is 3.29. The summed E-state index contributed by atoms with van der Waals surface area (Å²) in [6.45, 7) is 3.38. The molecule has 0 saturated heterocycles. The molecule has 2 N–H and O–H groups in total. The van der Waals surface area contributed by atoms with E-state index in [2.05, 4.69) is 4.98 Å². The van der Waals surface area contributed by atoms with Gasteiger partial charge in [-0.2, -0.15) is 0 Å². The van der Waals surface area contributed by atoms with E-state index in [-0.39, 0.29) is 5.78 Å². The highest BCUT2D eigenvalue weighted by molar-refractivity contribution is 6.02. The highest BCUT2D eigenvalue weighted by Crippen LogP contribution is 2.08. The lowest BCUT2D eigenvalue weighted by molar-refractivity contribution is 0.0913. The Labute approximate surface area is 71.6 Å². The molecule has 1 aromatic rings. The fourth-order valence-corrected chi connectivity index (χ4v) is 0.875. The van der Waals surface area contributed by atoms with Crippen LogP contribution in [0.2, 0.25) is 0 Å². The molecule has 1 heterocycles. The molecule has 3 heteroatoms. The van der Waals surface area contributed by atoms with E-state index < -0.39 is 5.54 Å². The minimum absolute atomic E-state index is 0.0649. The van der Waals surface area contributed by atoms with Gasteiger partial charge in [-0.25, -0.2) is 0 Å². The van der Waals surface area contributed by atoms with Crippen LogP contribution in [0.5, 0.6) is 0 Å². The molecule has 0 saturated carbocycles. The smallest absolute Gasteiger partial charge is 0.182 e. The first-order chi connectivity index (χ1) is 5.52. The molecule has 0 aliphatic heterocycles. The molecule has 0 aliphatic carbocycles. The molecule has 0 radical (unpaired) electrons. The summed E-state index contributed by atoms with van der Waals surface area (Å²) in [5.74, 6) is -0.0649. The van der Waals surface area contributed by atoms with Crippen molar-refractivity contribution in [2.75, 3.05) is 0 Å². The van der Waals surface area contributed by atoms with Crippen molar-refractivity contribution in [2.24, 2.45) is 5.73 Å². The minimum Gasteiger partial charge on any atom is -0.319 e. The number of aromatic nitrogens is 1. The Morgan fingerprint density at radius 3 is 2.33 bits per heavy atom. The summed E-state index contributed by atoms with van der Waals surface area (Å²) in [5, 5.41) is 0. The van der Waals surface area contributed by atoms with Crippen LogP contribution >= 0.6 is 0 Å². The summed E-state index contributed by atoms with van der Waals surface area (Å²) >= 11 is 0. The summed E-state index contributed by atoms with van der Waals surface area (Å²) in [5.41, 5.74) is 5.45. The summed E-state index contributed by atoms with van der Waals surface area (Å²) < 4.78 is 0. The van der Waals surface area contributed by atoms with Gasteiger partial charge in [0.2, 0.25) is 0 Å². The van der Waals surface area contributed by atoms with E-state index in [4.69, 9.17) is 5.73 Å². The first-order valence-corrected chi connectivity index (χ1v) is 3.75. The van der Waals surface area contributed by atoms with E-state index in [9.17, 15) is 4.79 Å². The summed E-state index contributed by atoms with van der Waals surface area (Å²) in [4.78, 5) is 15.3. The lowest BCUT2D eigenvalue weighted by Gasteiger charge is -2.16. The van der Waals surface area contributed by atoms with Crippen molar-refractivity contribution in [3.8, 4) is 0 Å². The van der Waals surface area contributed by atoms with Gasteiger partial charge >= 0.3 is 0 Å². The fourth-order valence-electron chi connectivity index (χ4n) is 0.875. The van der Waals surface area contributed by atoms with Crippen LogP contribution in [-0.4, -0.2) is 16.3 Å². The normalized spacial score (nSPS) is 11.2. The molecule has 64 valence electrons. The molecule has 0 amide bonds. The van der Waals surface area contributed by atoms with Crippen LogP contribution < -0.4 is 5.73 Å². The lowest BCUT2D eigenvalue weighted by atomic mass is 9.95. The van der Waals surface area contributed by atoms with Gasteiger partial charge < -0.3 is 5.73 Å². The summed E-state index contributed by atoms with van der Waals surface area (Å²) in [6.07, 6.45) is 3.16. The largest absolute Gasteiger partial charge is 0.319 e. The zero-order valence-corrected chi connectivity index (χ0v) is 7.24. The van der Waals surface area contributed by atoms with Crippen molar-refractivity contribution in [3.05, 3.63) is 30.1 Å². The number of hydrogen-bond acceptors (Lipinski definition) is 3. The van der Waals surface area contributed by atoms with Gasteiger partial charge in [-0.3, -0.25) is 9.78 Å². The van der Waals surface area contributed by atoms with Crippen molar-refractivity contribution >= 4 is 5.78 Å². The van der Waals surface area contributed by atoms with Crippen molar-refractivity contribution in [2.45, 2.75) is 19.4 Å². The molecule has 0 fully saturated rings. The average Bonchev–Trinajstić information content (AvgIpc) is 2.03. The zero-order valence-electron chi connectivity index (χ0n) is 7.24. The van der Waals surface area contributed by atoms with Crippen LogP contribution in [-0.2, 0) is 0 Å². The Morgan fingerprint density at radius 2 is 1.92 bits per heavy atom. The maximum absolute atomic E-state index is 11.5. The van der Waals surface area contributed by atoms with Gasteiger partial charge in [0.15, 0.2) is 5.78 Å². The lowest BCUT2D eigenvalue weighted by Crippen LogP contribution is -2.41. The predicted molar refractivity (Wildman–Crippen MR) is 46.8 cm³/mol. The van der Waals surface area contributed by atoms with Crippen molar-refractivity contribution in [1.82, 2.24) is 4.98 Å². The van der Waals surface area contributed by atoms with Gasteiger partial charge in [0, 0.05) is 18.0 Å². The number of rotatable bonds is 2. The van der Waals surface area contributed by atoms with Crippen molar-refractivity contribution in [3.63, 3.8) is 0 Å². The first kappa shape index (κ1) is 8.87. The molecule has 0 bridgehead atoms. The van der Waals surface area contributed by atoms with Gasteiger partial charge in [-0.1, -0.05) is 0 Å². The zero-order chi connectivity index (χ0) is 9.19. The van der Waals surface area contributed by atoms with E-state index in [1.54, 1.807) is 38.4 Å².